The first-order valence-corrected chi connectivity index (χ1v) is 7.22. The molecule has 1 aliphatic rings. The molecule has 18 heavy (non-hydrogen) atoms. The quantitative estimate of drug-likeness (QED) is 0.841. The van der Waals surface area contributed by atoms with Crippen molar-refractivity contribution in [3.8, 4) is 0 Å². The van der Waals surface area contributed by atoms with Crippen LogP contribution in [0.25, 0.3) is 0 Å². The van der Waals surface area contributed by atoms with E-state index in [0.29, 0.717) is 12.1 Å². The van der Waals surface area contributed by atoms with Crippen LogP contribution in [0, 0.1) is 5.82 Å². The molecule has 0 aromatic heterocycles. The second-order valence-corrected chi connectivity index (χ2v) is 5.50. The lowest BCUT2D eigenvalue weighted by molar-refractivity contribution is 0.279. The molecule has 1 aromatic carbocycles. The minimum Gasteiger partial charge on any atom is -0.311 e. The largest absolute Gasteiger partial charge is 0.311 e. The number of nitrogens with one attached hydrogen (secondary N) is 1. The summed E-state index contributed by atoms with van der Waals surface area (Å²) in [6.45, 7) is 4.37. The molecule has 0 amide bonds. The Hall–Kier alpha value is -0.890. The fraction of sp³-hybridized carbons (Fsp3) is 0.625. The van der Waals surface area contributed by atoms with Gasteiger partial charge in [0.2, 0.25) is 0 Å². The van der Waals surface area contributed by atoms with Gasteiger partial charge in [-0.1, -0.05) is 44.9 Å². The molecule has 0 bridgehead atoms. The Morgan fingerprint density at radius 3 is 2.83 bits per heavy atom. The van der Waals surface area contributed by atoms with Crippen LogP contribution >= 0.6 is 0 Å². The zero-order chi connectivity index (χ0) is 13.0. The van der Waals surface area contributed by atoms with Crippen LogP contribution in [0.5, 0.6) is 0 Å². The average Bonchev–Trinajstić information content (AvgIpc) is 2.39. The highest BCUT2D eigenvalue weighted by Gasteiger charge is 2.26. The van der Waals surface area contributed by atoms with E-state index < -0.39 is 0 Å². The Balaban J connectivity index is 2.04. The maximum atomic E-state index is 13.8. The van der Waals surface area contributed by atoms with E-state index in [0.717, 1.165) is 12.0 Å². The van der Waals surface area contributed by atoms with Crippen molar-refractivity contribution in [1.29, 1.82) is 0 Å². The molecule has 1 saturated heterocycles. The van der Waals surface area contributed by atoms with Gasteiger partial charge in [-0.15, -0.1) is 0 Å². The zero-order valence-electron chi connectivity index (χ0n) is 11.5. The van der Waals surface area contributed by atoms with E-state index in [-0.39, 0.29) is 11.7 Å². The Morgan fingerprint density at radius 1 is 1.33 bits per heavy atom. The molecule has 1 aliphatic heterocycles. The zero-order valence-corrected chi connectivity index (χ0v) is 11.5. The first kappa shape index (κ1) is 13.5. The van der Waals surface area contributed by atoms with Crippen molar-refractivity contribution in [2.24, 2.45) is 0 Å². The fourth-order valence-corrected chi connectivity index (χ4v) is 3.09. The molecule has 1 nitrogen and oxygen atoms in total. The van der Waals surface area contributed by atoms with Gasteiger partial charge < -0.3 is 5.32 Å². The van der Waals surface area contributed by atoms with Crippen molar-refractivity contribution in [2.45, 2.75) is 64.0 Å². The standard InChI is InChI=1S/C16H24FN/c1-3-7-13-8-6-11-16(18-13)12(2)14-9-4-5-10-15(14)17/h4-5,9-10,12-13,16,18H,3,6-8,11H2,1-2H3/t12-,13-,16+/m0/s1. The van der Waals surface area contributed by atoms with Crippen LogP contribution in [0.1, 0.15) is 57.4 Å². The van der Waals surface area contributed by atoms with Crippen LogP contribution in [0.3, 0.4) is 0 Å². The van der Waals surface area contributed by atoms with Crippen molar-refractivity contribution in [3.05, 3.63) is 35.6 Å². The van der Waals surface area contributed by atoms with Crippen molar-refractivity contribution in [1.82, 2.24) is 5.32 Å². The molecule has 0 aliphatic carbocycles. The third-order valence-corrected chi connectivity index (χ3v) is 4.15. The summed E-state index contributed by atoms with van der Waals surface area (Å²) in [6.07, 6.45) is 6.16. The highest BCUT2D eigenvalue weighted by Crippen LogP contribution is 2.28. The van der Waals surface area contributed by atoms with E-state index in [1.54, 1.807) is 12.1 Å². The van der Waals surface area contributed by atoms with Crippen molar-refractivity contribution in [2.75, 3.05) is 0 Å². The summed E-state index contributed by atoms with van der Waals surface area (Å²) in [5.74, 6) is 0.190. The Morgan fingerprint density at radius 2 is 2.11 bits per heavy atom. The number of rotatable bonds is 4. The van der Waals surface area contributed by atoms with Crippen LogP contribution in [0.4, 0.5) is 4.39 Å². The van der Waals surface area contributed by atoms with Crippen LogP contribution in [0.2, 0.25) is 0 Å². The molecule has 3 atom stereocenters. The number of hydrogen-bond donors (Lipinski definition) is 1. The molecule has 100 valence electrons. The highest BCUT2D eigenvalue weighted by atomic mass is 19.1. The fourth-order valence-electron chi connectivity index (χ4n) is 3.09. The average molecular weight is 249 g/mol. The van der Waals surface area contributed by atoms with Crippen molar-refractivity contribution >= 4 is 0 Å². The molecule has 1 N–H and O–H groups in total. The summed E-state index contributed by atoms with van der Waals surface area (Å²) >= 11 is 0. The molecule has 0 spiro atoms. The molecule has 1 fully saturated rings. The lowest BCUT2D eigenvalue weighted by Crippen LogP contribution is -2.44. The minimum atomic E-state index is -0.0654. The molecule has 2 heteroatoms. The van der Waals surface area contributed by atoms with E-state index in [4.69, 9.17) is 0 Å². The van der Waals surface area contributed by atoms with Gasteiger partial charge in [0.15, 0.2) is 0 Å². The Kier molecular flexibility index (Phi) is 4.76. The summed E-state index contributed by atoms with van der Waals surface area (Å²) < 4.78 is 13.8. The third kappa shape index (κ3) is 3.11. The molecule has 2 rings (SSSR count). The number of halogens is 1. The van der Waals surface area contributed by atoms with E-state index >= 15 is 0 Å². The first-order valence-electron chi connectivity index (χ1n) is 7.22. The van der Waals surface area contributed by atoms with Gasteiger partial charge in [-0.2, -0.15) is 0 Å². The van der Waals surface area contributed by atoms with Crippen LogP contribution in [-0.4, -0.2) is 12.1 Å². The van der Waals surface area contributed by atoms with Gasteiger partial charge in [-0.3, -0.25) is 0 Å². The number of hydrogen-bond acceptors (Lipinski definition) is 1. The highest BCUT2D eigenvalue weighted by molar-refractivity contribution is 5.23. The Bertz CT molecular complexity index is 375. The van der Waals surface area contributed by atoms with Gasteiger partial charge in [0, 0.05) is 12.1 Å². The van der Waals surface area contributed by atoms with Gasteiger partial charge in [0.25, 0.3) is 0 Å². The minimum absolute atomic E-state index is 0.0654. The molecular formula is C16H24FN. The second kappa shape index (κ2) is 6.33. The SMILES string of the molecule is CCC[C@H]1CCC[C@H]([C@@H](C)c2ccccc2F)N1. The van der Waals surface area contributed by atoms with Gasteiger partial charge in [0.05, 0.1) is 0 Å². The molecule has 0 saturated carbocycles. The van der Waals surface area contributed by atoms with E-state index in [9.17, 15) is 4.39 Å². The van der Waals surface area contributed by atoms with Gasteiger partial charge in [-0.25, -0.2) is 4.39 Å². The maximum Gasteiger partial charge on any atom is 0.126 e. The maximum absolute atomic E-state index is 13.8. The lowest BCUT2D eigenvalue weighted by Gasteiger charge is -2.35. The smallest absolute Gasteiger partial charge is 0.126 e. The molecule has 0 unspecified atom stereocenters. The predicted octanol–water partition coefficient (Wildman–Crippen LogP) is 4.24. The summed E-state index contributed by atoms with van der Waals surface area (Å²) in [5, 5.41) is 3.71. The lowest BCUT2D eigenvalue weighted by atomic mass is 9.85. The third-order valence-electron chi connectivity index (χ3n) is 4.15. The summed E-state index contributed by atoms with van der Waals surface area (Å²) in [4.78, 5) is 0. The van der Waals surface area contributed by atoms with Crippen molar-refractivity contribution in [3.63, 3.8) is 0 Å². The monoisotopic (exact) mass is 249 g/mol. The summed E-state index contributed by atoms with van der Waals surface area (Å²) in [6, 6.07) is 8.24. The van der Waals surface area contributed by atoms with Gasteiger partial charge >= 0.3 is 0 Å². The van der Waals surface area contributed by atoms with E-state index in [2.05, 4.69) is 19.2 Å². The van der Waals surface area contributed by atoms with Crippen LogP contribution in [0.15, 0.2) is 24.3 Å². The Labute approximate surface area is 110 Å². The van der Waals surface area contributed by atoms with E-state index in [1.807, 2.05) is 12.1 Å². The molecule has 1 heterocycles. The molecule has 1 aromatic rings. The normalized spacial score (nSPS) is 25.9. The second-order valence-electron chi connectivity index (χ2n) is 5.50. The van der Waals surface area contributed by atoms with E-state index in [1.165, 1.54) is 25.7 Å². The number of piperidine rings is 1. The topological polar surface area (TPSA) is 12.0 Å². The first-order chi connectivity index (χ1) is 8.72. The number of benzene rings is 1. The van der Waals surface area contributed by atoms with Gasteiger partial charge in [-0.05, 0) is 36.8 Å². The van der Waals surface area contributed by atoms with Crippen molar-refractivity contribution < 1.29 is 4.39 Å². The predicted molar refractivity (Wildman–Crippen MR) is 74.3 cm³/mol. The summed E-state index contributed by atoms with van der Waals surface area (Å²) in [5.41, 5.74) is 0.854. The summed E-state index contributed by atoms with van der Waals surface area (Å²) in [7, 11) is 0. The van der Waals surface area contributed by atoms with Crippen LogP contribution in [-0.2, 0) is 0 Å². The van der Waals surface area contributed by atoms with Crippen LogP contribution < -0.4 is 5.32 Å². The molecule has 0 radical (unpaired) electrons. The molecular weight excluding hydrogens is 225 g/mol. The van der Waals surface area contributed by atoms with Gasteiger partial charge in [0.1, 0.15) is 5.82 Å².